The molecule has 0 aliphatic rings. The van der Waals surface area contributed by atoms with Gasteiger partial charge in [-0.15, -0.1) is 0 Å². The van der Waals surface area contributed by atoms with Gasteiger partial charge in [-0.05, 0) is 38.5 Å². The summed E-state index contributed by atoms with van der Waals surface area (Å²) in [5.74, 6) is -2.58. The molecule has 0 aromatic rings. The van der Waals surface area contributed by atoms with Crippen LogP contribution in [0.15, 0.2) is 12.2 Å². The van der Waals surface area contributed by atoms with Crippen molar-refractivity contribution < 1.29 is 24.6 Å². The second-order valence-electron chi connectivity index (χ2n) is 7.73. The minimum Gasteiger partial charge on any atom is -0.481 e. The molecule has 0 aromatic carbocycles. The van der Waals surface area contributed by atoms with Gasteiger partial charge in [-0.25, -0.2) is 4.79 Å². The normalized spacial score (nSPS) is 11.8. The van der Waals surface area contributed by atoms with E-state index in [9.17, 15) is 14.4 Å². The number of carbonyl (C=O) groups excluding carboxylic acids is 1. The standard InChI is InChI=1S/C23H41NO5.Na/c1-2-3-4-5-6-7-8-9-10-11-12-13-14-15-16-17-21(25)24-20(23(28)29)18-19-22(26)27;/h9-10,20H,2-8,11-19H2,1H3,(H,24,25)(H,26,27)(H,28,29);/b10-9-;/t20-;/m0./s1. The van der Waals surface area contributed by atoms with Crippen LogP contribution in [0, 0.1) is 0 Å². The van der Waals surface area contributed by atoms with Gasteiger partial charge in [0.2, 0.25) is 5.91 Å². The van der Waals surface area contributed by atoms with Crippen LogP contribution in [0.4, 0.5) is 0 Å². The van der Waals surface area contributed by atoms with Crippen molar-refractivity contribution in [2.45, 2.75) is 116 Å². The maximum Gasteiger partial charge on any atom is 0.326 e. The quantitative estimate of drug-likeness (QED) is 0.141. The molecular weight excluding hydrogens is 393 g/mol. The third kappa shape index (κ3) is 21.8. The maximum absolute atomic E-state index is 11.8. The number of hydrogen-bond donors (Lipinski definition) is 3. The molecule has 1 amide bonds. The molecule has 0 heterocycles. The number of carboxylic acid groups (broad SMARTS) is 2. The molecule has 169 valence electrons. The number of carboxylic acids is 2. The smallest absolute Gasteiger partial charge is 0.326 e. The molecule has 0 unspecified atom stereocenters. The Labute approximate surface area is 204 Å². The van der Waals surface area contributed by atoms with Crippen molar-refractivity contribution in [2.24, 2.45) is 0 Å². The van der Waals surface area contributed by atoms with E-state index in [0.29, 0.717) is 0 Å². The van der Waals surface area contributed by atoms with E-state index in [1.165, 1.54) is 44.9 Å². The Bertz CT molecular complexity index is 482. The Kier molecular flexibility index (Phi) is 23.8. The Hall–Kier alpha value is -0.850. The second kappa shape index (κ2) is 22.8. The largest absolute Gasteiger partial charge is 0.481 e. The molecule has 30 heavy (non-hydrogen) atoms. The predicted octanol–water partition coefficient (Wildman–Crippen LogP) is 5.08. The Balaban J connectivity index is 0. The molecule has 0 saturated heterocycles. The van der Waals surface area contributed by atoms with Crippen LogP contribution in [0.3, 0.4) is 0 Å². The van der Waals surface area contributed by atoms with Crippen molar-refractivity contribution in [3.63, 3.8) is 0 Å². The van der Waals surface area contributed by atoms with E-state index < -0.39 is 18.0 Å². The molecule has 0 aliphatic heterocycles. The summed E-state index contributed by atoms with van der Waals surface area (Å²) in [6.07, 6.45) is 19.9. The number of amides is 1. The summed E-state index contributed by atoms with van der Waals surface area (Å²) in [4.78, 5) is 33.4. The summed E-state index contributed by atoms with van der Waals surface area (Å²) in [6.45, 7) is 2.24. The van der Waals surface area contributed by atoms with Crippen molar-refractivity contribution in [1.82, 2.24) is 5.32 Å². The zero-order valence-electron chi connectivity index (χ0n) is 19.2. The van der Waals surface area contributed by atoms with Gasteiger partial charge in [0.15, 0.2) is 0 Å². The molecule has 0 saturated carbocycles. The summed E-state index contributed by atoms with van der Waals surface area (Å²) < 4.78 is 0. The summed E-state index contributed by atoms with van der Waals surface area (Å²) in [6, 6.07) is -1.12. The average Bonchev–Trinajstić information content (AvgIpc) is 2.67. The number of rotatable bonds is 20. The summed E-state index contributed by atoms with van der Waals surface area (Å²) in [5.41, 5.74) is 0. The minimum atomic E-state index is -1.19. The molecule has 0 aliphatic carbocycles. The minimum absolute atomic E-state index is 0. The Morgan fingerprint density at radius 1 is 0.767 bits per heavy atom. The number of carbonyl (C=O) groups is 3. The SMILES string of the molecule is CCCCCCCC/C=C\CCCCCCCC(=O)N[C@@H](CCC(=O)O)C(=O)O.[Na]. The number of hydrogen-bond acceptors (Lipinski definition) is 3. The fourth-order valence-corrected chi connectivity index (χ4v) is 3.15. The molecule has 0 aromatic heterocycles. The number of nitrogens with one attached hydrogen (secondary N) is 1. The van der Waals surface area contributed by atoms with E-state index in [2.05, 4.69) is 24.4 Å². The van der Waals surface area contributed by atoms with Gasteiger partial charge in [0.1, 0.15) is 6.04 Å². The molecule has 0 rings (SSSR count). The summed E-state index contributed by atoms with van der Waals surface area (Å²) >= 11 is 0. The third-order valence-electron chi connectivity index (χ3n) is 4.95. The van der Waals surface area contributed by atoms with E-state index in [4.69, 9.17) is 10.2 Å². The fourth-order valence-electron chi connectivity index (χ4n) is 3.15. The molecule has 1 atom stereocenters. The first-order chi connectivity index (χ1) is 14.0. The fraction of sp³-hybridized carbons (Fsp3) is 0.783. The number of unbranched alkanes of at least 4 members (excludes halogenated alkanes) is 11. The van der Waals surface area contributed by atoms with E-state index in [-0.39, 0.29) is 54.7 Å². The maximum atomic E-state index is 11.8. The van der Waals surface area contributed by atoms with Crippen molar-refractivity contribution in [3.05, 3.63) is 12.2 Å². The second-order valence-corrected chi connectivity index (χ2v) is 7.73. The van der Waals surface area contributed by atoms with Gasteiger partial charge in [0.05, 0.1) is 0 Å². The van der Waals surface area contributed by atoms with Crippen LogP contribution in [-0.4, -0.2) is 63.7 Å². The van der Waals surface area contributed by atoms with Crippen molar-refractivity contribution in [1.29, 1.82) is 0 Å². The summed E-state index contributed by atoms with van der Waals surface area (Å²) in [7, 11) is 0. The van der Waals surface area contributed by atoms with Crippen LogP contribution in [0.25, 0.3) is 0 Å². The molecule has 3 N–H and O–H groups in total. The van der Waals surface area contributed by atoms with E-state index in [0.717, 1.165) is 38.5 Å². The zero-order valence-corrected chi connectivity index (χ0v) is 21.2. The molecule has 0 spiro atoms. The van der Waals surface area contributed by atoms with E-state index in [1.54, 1.807) is 0 Å². The van der Waals surface area contributed by atoms with Gasteiger partial charge in [-0.1, -0.05) is 70.4 Å². The molecular formula is C23H41NNaO5. The van der Waals surface area contributed by atoms with Crippen LogP contribution in [0.2, 0.25) is 0 Å². The number of allylic oxidation sites excluding steroid dienone is 2. The van der Waals surface area contributed by atoms with Crippen LogP contribution >= 0.6 is 0 Å². The molecule has 0 fully saturated rings. The van der Waals surface area contributed by atoms with Crippen LogP contribution in [-0.2, 0) is 14.4 Å². The van der Waals surface area contributed by atoms with E-state index in [1.807, 2.05) is 0 Å². The Morgan fingerprint density at radius 2 is 1.27 bits per heavy atom. The Morgan fingerprint density at radius 3 is 1.77 bits per heavy atom. The molecule has 1 radical (unpaired) electrons. The first-order valence-corrected chi connectivity index (χ1v) is 11.4. The van der Waals surface area contributed by atoms with E-state index >= 15 is 0 Å². The monoisotopic (exact) mass is 434 g/mol. The van der Waals surface area contributed by atoms with Crippen LogP contribution in [0.5, 0.6) is 0 Å². The van der Waals surface area contributed by atoms with Gasteiger partial charge in [-0.3, -0.25) is 9.59 Å². The van der Waals surface area contributed by atoms with Crippen LogP contribution in [0.1, 0.15) is 110 Å². The average molecular weight is 435 g/mol. The third-order valence-corrected chi connectivity index (χ3v) is 4.95. The van der Waals surface area contributed by atoms with Gasteiger partial charge in [0.25, 0.3) is 0 Å². The predicted molar refractivity (Wildman–Crippen MR) is 122 cm³/mol. The van der Waals surface area contributed by atoms with Crippen molar-refractivity contribution >= 4 is 47.4 Å². The van der Waals surface area contributed by atoms with Gasteiger partial charge < -0.3 is 15.5 Å². The van der Waals surface area contributed by atoms with Gasteiger partial charge in [-0.2, -0.15) is 0 Å². The van der Waals surface area contributed by atoms with Crippen LogP contribution < -0.4 is 5.32 Å². The summed E-state index contributed by atoms with van der Waals surface area (Å²) in [5, 5.41) is 20.1. The van der Waals surface area contributed by atoms with Crippen molar-refractivity contribution in [2.75, 3.05) is 0 Å². The van der Waals surface area contributed by atoms with Gasteiger partial charge in [0, 0.05) is 42.4 Å². The molecule has 7 heteroatoms. The molecule has 6 nitrogen and oxygen atoms in total. The number of aliphatic carboxylic acids is 2. The first kappa shape index (κ1) is 31.3. The zero-order chi connectivity index (χ0) is 21.7. The topological polar surface area (TPSA) is 104 Å². The van der Waals surface area contributed by atoms with Crippen molar-refractivity contribution in [3.8, 4) is 0 Å². The first-order valence-electron chi connectivity index (χ1n) is 11.4. The van der Waals surface area contributed by atoms with Gasteiger partial charge >= 0.3 is 11.9 Å². The molecule has 0 bridgehead atoms.